The second-order valence-electron chi connectivity index (χ2n) is 4.20. The molecule has 4 heteroatoms. The van der Waals surface area contributed by atoms with Gasteiger partial charge >= 0.3 is 0 Å². The molecule has 0 saturated heterocycles. The van der Waals surface area contributed by atoms with E-state index in [1.54, 1.807) is 24.3 Å². The SMILES string of the molecule is N#CCc1ccc(OCC(=O)c2ccc(I)cc2)cc1. The van der Waals surface area contributed by atoms with Crippen LogP contribution in [0.3, 0.4) is 0 Å². The number of hydrogen-bond donors (Lipinski definition) is 0. The van der Waals surface area contributed by atoms with E-state index in [1.165, 1.54) is 0 Å². The third-order valence-corrected chi connectivity index (χ3v) is 3.46. The van der Waals surface area contributed by atoms with E-state index < -0.39 is 0 Å². The molecule has 0 amide bonds. The van der Waals surface area contributed by atoms with Crippen LogP contribution in [0, 0.1) is 14.9 Å². The van der Waals surface area contributed by atoms with Gasteiger partial charge < -0.3 is 4.74 Å². The van der Waals surface area contributed by atoms with Gasteiger partial charge in [-0.2, -0.15) is 5.26 Å². The molecule has 0 bridgehead atoms. The zero-order valence-electron chi connectivity index (χ0n) is 10.7. The van der Waals surface area contributed by atoms with Gasteiger partial charge in [0, 0.05) is 9.13 Å². The molecular formula is C16H12INO2. The Morgan fingerprint density at radius 3 is 2.35 bits per heavy atom. The lowest BCUT2D eigenvalue weighted by Crippen LogP contribution is -2.11. The molecule has 0 heterocycles. The van der Waals surface area contributed by atoms with E-state index in [0.29, 0.717) is 17.7 Å². The summed E-state index contributed by atoms with van der Waals surface area (Å²) in [5, 5.41) is 8.58. The van der Waals surface area contributed by atoms with Crippen molar-refractivity contribution in [1.82, 2.24) is 0 Å². The van der Waals surface area contributed by atoms with E-state index in [-0.39, 0.29) is 12.4 Å². The highest BCUT2D eigenvalue weighted by atomic mass is 127. The van der Waals surface area contributed by atoms with E-state index in [0.717, 1.165) is 9.13 Å². The van der Waals surface area contributed by atoms with Crippen LogP contribution in [-0.2, 0) is 6.42 Å². The second kappa shape index (κ2) is 7.06. The Labute approximate surface area is 131 Å². The molecule has 0 N–H and O–H groups in total. The van der Waals surface area contributed by atoms with Crippen LogP contribution in [0.5, 0.6) is 5.75 Å². The van der Waals surface area contributed by atoms with Crippen LogP contribution in [-0.4, -0.2) is 12.4 Å². The first-order valence-electron chi connectivity index (χ1n) is 6.06. The van der Waals surface area contributed by atoms with Crippen molar-refractivity contribution in [2.75, 3.05) is 6.61 Å². The van der Waals surface area contributed by atoms with E-state index >= 15 is 0 Å². The lowest BCUT2D eigenvalue weighted by atomic mass is 10.1. The average Bonchev–Trinajstić information content (AvgIpc) is 2.47. The summed E-state index contributed by atoms with van der Waals surface area (Å²) in [6.45, 7) is 0.0121. The number of carbonyl (C=O) groups excluding carboxylic acids is 1. The molecule has 0 aromatic heterocycles. The fourth-order valence-electron chi connectivity index (χ4n) is 1.66. The minimum atomic E-state index is -0.0532. The van der Waals surface area contributed by atoms with Crippen LogP contribution in [0.1, 0.15) is 15.9 Å². The van der Waals surface area contributed by atoms with Gasteiger partial charge in [0.2, 0.25) is 0 Å². The number of nitriles is 1. The van der Waals surface area contributed by atoms with Gasteiger partial charge in [-0.25, -0.2) is 0 Å². The molecular weight excluding hydrogens is 365 g/mol. The summed E-state index contributed by atoms with van der Waals surface area (Å²) in [5.74, 6) is 0.577. The van der Waals surface area contributed by atoms with Gasteiger partial charge in [-0.15, -0.1) is 0 Å². The van der Waals surface area contributed by atoms with Crippen molar-refractivity contribution >= 4 is 28.4 Å². The van der Waals surface area contributed by atoms with Crippen LogP contribution in [0.15, 0.2) is 48.5 Å². The quantitative estimate of drug-likeness (QED) is 0.591. The van der Waals surface area contributed by atoms with E-state index in [1.807, 2.05) is 24.3 Å². The molecule has 0 atom stereocenters. The van der Waals surface area contributed by atoms with Crippen molar-refractivity contribution in [2.24, 2.45) is 0 Å². The third-order valence-electron chi connectivity index (χ3n) is 2.74. The van der Waals surface area contributed by atoms with Crippen LogP contribution < -0.4 is 4.74 Å². The zero-order valence-corrected chi connectivity index (χ0v) is 12.8. The Hall–Kier alpha value is -1.87. The molecule has 3 nitrogen and oxygen atoms in total. The number of Topliss-reactive ketones (excluding diaryl/α,β-unsaturated/α-hetero) is 1. The van der Waals surface area contributed by atoms with Crippen LogP contribution in [0.4, 0.5) is 0 Å². The number of ether oxygens (including phenoxy) is 1. The summed E-state index contributed by atoms with van der Waals surface area (Å²) >= 11 is 2.19. The summed E-state index contributed by atoms with van der Waals surface area (Å²) in [7, 11) is 0. The van der Waals surface area contributed by atoms with Crippen molar-refractivity contribution in [2.45, 2.75) is 6.42 Å². The molecule has 2 rings (SSSR count). The summed E-state index contributed by atoms with van der Waals surface area (Å²) in [6.07, 6.45) is 0.377. The summed E-state index contributed by atoms with van der Waals surface area (Å²) in [5.41, 5.74) is 1.58. The van der Waals surface area contributed by atoms with Gasteiger partial charge in [-0.3, -0.25) is 4.79 Å². The average molecular weight is 377 g/mol. The van der Waals surface area contributed by atoms with Gasteiger partial charge in [-0.05, 0) is 52.4 Å². The third kappa shape index (κ3) is 4.07. The highest BCUT2D eigenvalue weighted by molar-refractivity contribution is 14.1. The Bertz CT molecular complexity index is 627. The molecule has 0 aliphatic rings. The first-order valence-corrected chi connectivity index (χ1v) is 7.14. The number of rotatable bonds is 5. The van der Waals surface area contributed by atoms with Crippen molar-refractivity contribution in [3.63, 3.8) is 0 Å². The molecule has 0 radical (unpaired) electrons. The number of ketones is 1. The minimum absolute atomic E-state index is 0.0121. The van der Waals surface area contributed by atoms with Crippen LogP contribution >= 0.6 is 22.6 Å². The van der Waals surface area contributed by atoms with Crippen molar-refractivity contribution in [1.29, 1.82) is 5.26 Å². The Balaban J connectivity index is 1.93. The topological polar surface area (TPSA) is 50.1 Å². The van der Waals surface area contributed by atoms with Gasteiger partial charge in [0.25, 0.3) is 0 Å². The monoisotopic (exact) mass is 377 g/mol. The van der Waals surface area contributed by atoms with Crippen molar-refractivity contribution < 1.29 is 9.53 Å². The van der Waals surface area contributed by atoms with Gasteiger partial charge in [0.1, 0.15) is 5.75 Å². The molecule has 100 valence electrons. The first-order chi connectivity index (χ1) is 9.69. The van der Waals surface area contributed by atoms with Gasteiger partial charge in [0.15, 0.2) is 12.4 Å². The standard InChI is InChI=1S/C16H12INO2/c17-14-5-3-13(4-6-14)16(19)11-20-15-7-1-12(2-8-15)9-10-18/h1-8H,9,11H2. The smallest absolute Gasteiger partial charge is 0.200 e. The largest absolute Gasteiger partial charge is 0.485 e. The molecule has 0 unspecified atom stereocenters. The van der Waals surface area contributed by atoms with Gasteiger partial charge in [0.05, 0.1) is 12.5 Å². The number of benzene rings is 2. The Morgan fingerprint density at radius 1 is 1.10 bits per heavy atom. The zero-order chi connectivity index (χ0) is 14.4. The maximum atomic E-state index is 11.9. The van der Waals surface area contributed by atoms with Crippen molar-refractivity contribution in [3.8, 4) is 11.8 Å². The number of carbonyl (C=O) groups is 1. The highest BCUT2D eigenvalue weighted by Gasteiger charge is 2.06. The predicted octanol–water partition coefficient (Wildman–Crippen LogP) is 3.62. The Morgan fingerprint density at radius 2 is 1.75 bits per heavy atom. The molecule has 0 aliphatic carbocycles. The highest BCUT2D eigenvalue weighted by Crippen LogP contribution is 2.13. The van der Waals surface area contributed by atoms with E-state index in [4.69, 9.17) is 10.00 Å². The van der Waals surface area contributed by atoms with Crippen LogP contribution in [0.25, 0.3) is 0 Å². The van der Waals surface area contributed by atoms with E-state index in [2.05, 4.69) is 28.7 Å². The minimum Gasteiger partial charge on any atom is -0.485 e. The fourth-order valence-corrected chi connectivity index (χ4v) is 2.02. The molecule has 2 aromatic rings. The number of halogens is 1. The lowest BCUT2D eigenvalue weighted by Gasteiger charge is -2.06. The second-order valence-corrected chi connectivity index (χ2v) is 5.44. The van der Waals surface area contributed by atoms with Gasteiger partial charge in [-0.1, -0.05) is 24.3 Å². The molecule has 20 heavy (non-hydrogen) atoms. The predicted molar refractivity (Wildman–Crippen MR) is 84.7 cm³/mol. The fraction of sp³-hybridized carbons (Fsp3) is 0.125. The number of hydrogen-bond acceptors (Lipinski definition) is 3. The Kier molecular flexibility index (Phi) is 5.13. The molecule has 0 saturated carbocycles. The van der Waals surface area contributed by atoms with Crippen molar-refractivity contribution in [3.05, 3.63) is 63.2 Å². The van der Waals surface area contributed by atoms with E-state index in [9.17, 15) is 4.79 Å². The lowest BCUT2D eigenvalue weighted by molar-refractivity contribution is 0.0921. The maximum absolute atomic E-state index is 11.9. The number of nitrogens with zero attached hydrogens (tertiary/aromatic N) is 1. The maximum Gasteiger partial charge on any atom is 0.200 e. The first kappa shape index (κ1) is 14.5. The summed E-state index contributed by atoms with van der Waals surface area (Å²) in [4.78, 5) is 11.9. The van der Waals surface area contributed by atoms with Crippen LogP contribution in [0.2, 0.25) is 0 Å². The molecule has 0 spiro atoms. The molecule has 0 fully saturated rings. The molecule has 2 aromatic carbocycles. The summed E-state index contributed by atoms with van der Waals surface area (Å²) < 4.78 is 6.54. The normalized spacial score (nSPS) is 9.80. The summed E-state index contributed by atoms with van der Waals surface area (Å²) in [6, 6.07) is 16.7. The molecule has 0 aliphatic heterocycles.